The monoisotopic (exact) mass is 576 g/mol. The third-order valence-corrected chi connectivity index (χ3v) is 6.31. The highest BCUT2D eigenvalue weighted by molar-refractivity contribution is 6.76. The maximum atomic E-state index is 13.4. The summed E-state index contributed by atoms with van der Waals surface area (Å²) >= 11 is 17.4. The molecular weight excluding hydrogens is 555 g/mol. The summed E-state index contributed by atoms with van der Waals surface area (Å²) in [7, 11) is 0. The summed E-state index contributed by atoms with van der Waals surface area (Å²) in [6.07, 6.45) is -4.78. The van der Waals surface area contributed by atoms with Crippen molar-refractivity contribution in [2.24, 2.45) is 0 Å². The molecule has 0 bridgehead atoms. The van der Waals surface area contributed by atoms with Crippen LogP contribution >= 0.6 is 34.8 Å². The summed E-state index contributed by atoms with van der Waals surface area (Å²) in [5.41, 5.74) is 0.233. The zero-order valence-corrected chi connectivity index (χ0v) is 21.9. The third-order valence-electron chi connectivity index (χ3n) is 5.80. The van der Waals surface area contributed by atoms with E-state index in [1.807, 2.05) is 0 Å². The number of amides is 2. The maximum Gasteiger partial charge on any atom is 0.509 e. The predicted molar refractivity (Wildman–Crippen MR) is 130 cm³/mol. The smallest absolute Gasteiger partial charge is 0.446 e. The molecule has 0 aromatic heterocycles. The molecule has 1 aromatic carbocycles. The van der Waals surface area contributed by atoms with E-state index < -0.39 is 64.1 Å². The van der Waals surface area contributed by atoms with Crippen molar-refractivity contribution < 1.29 is 42.8 Å². The molecule has 1 aromatic rings. The van der Waals surface area contributed by atoms with E-state index >= 15 is 0 Å². The number of alkyl halides is 3. The van der Waals surface area contributed by atoms with Gasteiger partial charge in [-0.05, 0) is 26.0 Å². The molecule has 3 aliphatic rings. The first-order valence-corrected chi connectivity index (χ1v) is 12.2. The fourth-order valence-electron chi connectivity index (χ4n) is 4.25. The number of rotatable bonds is 5. The number of nitrogens with zero attached hydrogens (tertiary/aromatic N) is 1. The molecule has 2 fully saturated rings. The highest BCUT2D eigenvalue weighted by Crippen LogP contribution is 2.40. The van der Waals surface area contributed by atoms with E-state index in [0.29, 0.717) is 0 Å². The topological polar surface area (TPSA) is 134 Å². The van der Waals surface area contributed by atoms with Crippen LogP contribution in [0.3, 0.4) is 0 Å². The van der Waals surface area contributed by atoms with Crippen molar-refractivity contribution in [1.29, 1.82) is 5.41 Å². The largest absolute Gasteiger partial charge is 0.509 e. The lowest BCUT2D eigenvalue weighted by Crippen LogP contribution is -2.70. The van der Waals surface area contributed by atoms with Crippen molar-refractivity contribution in [3.63, 3.8) is 0 Å². The average Bonchev–Trinajstić information content (AvgIpc) is 3.07. The predicted octanol–water partition coefficient (Wildman–Crippen LogP) is 3.60. The van der Waals surface area contributed by atoms with Gasteiger partial charge in [0.1, 0.15) is 24.9 Å². The molecule has 0 unspecified atom stereocenters. The Morgan fingerprint density at radius 3 is 2.41 bits per heavy atom. The maximum absolute atomic E-state index is 13.4. The van der Waals surface area contributed by atoms with Gasteiger partial charge in [0.05, 0.1) is 17.7 Å². The zero-order chi connectivity index (χ0) is 27.1. The van der Waals surface area contributed by atoms with E-state index in [4.69, 9.17) is 68.6 Å². The van der Waals surface area contributed by atoms with Crippen molar-refractivity contribution >= 4 is 58.7 Å². The molecule has 0 saturated carbocycles. The van der Waals surface area contributed by atoms with Crippen LogP contribution in [0, 0.1) is 5.41 Å². The Kier molecular flexibility index (Phi) is 7.76. The highest BCUT2D eigenvalue weighted by atomic mass is 35.6. The molecule has 0 radical (unpaired) electrons. The van der Waals surface area contributed by atoms with Gasteiger partial charge in [-0.2, -0.15) is 0 Å². The van der Waals surface area contributed by atoms with E-state index in [1.54, 1.807) is 26.0 Å². The van der Waals surface area contributed by atoms with Crippen molar-refractivity contribution in [3.05, 3.63) is 48.0 Å². The summed E-state index contributed by atoms with van der Waals surface area (Å²) in [4.78, 5) is 40.3. The van der Waals surface area contributed by atoms with Crippen molar-refractivity contribution in [2.45, 2.75) is 54.1 Å². The summed E-state index contributed by atoms with van der Waals surface area (Å²) in [5, 5.41) is 8.07. The molecule has 0 aliphatic carbocycles. The quantitative estimate of drug-likeness (QED) is 0.139. The minimum Gasteiger partial charge on any atom is -0.446 e. The molecule has 14 heteroatoms. The summed E-state index contributed by atoms with van der Waals surface area (Å²) in [6.45, 7) is 6.53. The van der Waals surface area contributed by atoms with Gasteiger partial charge in [-0.15, -0.1) is 0 Å². The molecule has 3 aliphatic heterocycles. The van der Waals surface area contributed by atoms with Gasteiger partial charge in [-0.25, -0.2) is 4.79 Å². The number of carbonyl (C=O) groups is 3. The SMILES string of the molecule is C=CCOC(=O)O[C@H]1[C@@H]2OC(C)(C)OC[C@H]2O[C@@H](OC(=N)C(Cl)(Cl)Cl)[C@@H]1N1C(=O)c2ccccc2C1=O. The number of halogens is 3. The summed E-state index contributed by atoms with van der Waals surface area (Å²) in [6, 6.07) is 4.66. The first-order chi connectivity index (χ1) is 17.3. The van der Waals surface area contributed by atoms with E-state index in [2.05, 4.69) is 6.58 Å². The second-order valence-corrected chi connectivity index (χ2v) is 11.0. The molecule has 2 amide bonds. The number of hydrogen-bond acceptors (Lipinski definition) is 10. The first-order valence-electron chi connectivity index (χ1n) is 11.0. The average molecular weight is 578 g/mol. The van der Waals surface area contributed by atoms with Crippen LogP contribution in [-0.2, 0) is 28.4 Å². The van der Waals surface area contributed by atoms with Crippen molar-refractivity contribution in [3.8, 4) is 0 Å². The Morgan fingerprint density at radius 2 is 1.84 bits per heavy atom. The van der Waals surface area contributed by atoms with E-state index in [-0.39, 0.29) is 24.3 Å². The van der Waals surface area contributed by atoms with Gasteiger partial charge in [0.15, 0.2) is 11.9 Å². The van der Waals surface area contributed by atoms with Gasteiger partial charge in [-0.1, -0.05) is 59.6 Å². The van der Waals surface area contributed by atoms with Gasteiger partial charge < -0.3 is 28.4 Å². The Balaban J connectivity index is 1.79. The Hall–Kier alpha value is -2.41. The molecule has 11 nitrogen and oxygen atoms in total. The molecule has 37 heavy (non-hydrogen) atoms. The molecule has 1 N–H and O–H groups in total. The molecule has 4 rings (SSSR count). The number of ether oxygens (including phenoxy) is 6. The molecule has 3 heterocycles. The number of benzene rings is 1. The Labute approximate surface area is 226 Å². The van der Waals surface area contributed by atoms with E-state index in [9.17, 15) is 14.4 Å². The highest BCUT2D eigenvalue weighted by Gasteiger charge is 2.60. The van der Waals surface area contributed by atoms with Crippen LogP contribution in [0.2, 0.25) is 0 Å². The summed E-state index contributed by atoms with van der Waals surface area (Å²) in [5.74, 6) is -3.41. The number of fused-ring (bicyclic) bond motifs is 2. The zero-order valence-electron chi connectivity index (χ0n) is 19.7. The fourth-order valence-corrected chi connectivity index (χ4v) is 4.38. The van der Waals surface area contributed by atoms with Crippen LogP contribution in [0.5, 0.6) is 0 Å². The number of carbonyl (C=O) groups excluding carboxylic acids is 3. The lowest BCUT2D eigenvalue weighted by Gasteiger charge is -2.51. The molecule has 200 valence electrons. The second-order valence-electron chi connectivity index (χ2n) is 8.73. The van der Waals surface area contributed by atoms with Crippen LogP contribution in [-0.4, -0.2) is 82.2 Å². The molecular formula is C23H23Cl3N2O9. The molecule has 0 spiro atoms. The van der Waals surface area contributed by atoms with Gasteiger partial charge in [-0.3, -0.25) is 19.9 Å². The lowest BCUT2D eigenvalue weighted by atomic mass is 9.94. The minimum absolute atomic E-state index is 0.0466. The molecule has 5 atom stereocenters. The van der Waals surface area contributed by atoms with E-state index in [1.165, 1.54) is 18.2 Å². The summed E-state index contributed by atoms with van der Waals surface area (Å²) < 4.78 is 31.5. The van der Waals surface area contributed by atoms with Crippen LogP contribution in [0.25, 0.3) is 0 Å². The van der Waals surface area contributed by atoms with E-state index in [0.717, 1.165) is 4.90 Å². The fraction of sp³-hybridized carbons (Fsp3) is 0.478. The molecule has 2 saturated heterocycles. The second kappa shape index (κ2) is 10.4. The Bertz CT molecular complexity index is 1090. The number of imide groups is 1. The van der Waals surface area contributed by atoms with Gasteiger partial charge >= 0.3 is 6.16 Å². The first kappa shape index (κ1) is 27.6. The van der Waals surface area contributed by atoms with Gasteiger partial charge in [0.25, 0.3) is 15.6 Å². The minimum atomic E-state index is -2.30. The number of hydrogen-bond donors (Lipinski definition) is 1. The standard InChI is InChI=1S/C23H23Cl3N2O9/c1-4-9-32-21(31)35-16-14(28-17(29)11-7-5-6-8-12(11)18(28)30)19(36-20(27)23(24,25)26)34-13-10-33-22(2,3)37-15(13)16/h4-8,13-16,19,27H,1,9-10H2,2-3H3/t13-,14-,15-,16-,19+/m1/s1. The van der Waals surface area contributed by atoms with Crippen LogP contribution < -0.4 is 0 Å². The normalized spacial score (nSPS) is 28.7. The third kappa shape index (κ3) is 5.57. The van der Waals surface area contributed by atoms with Gasteiger partial charge in [0, 0.05) is 0 Å². The number of nitrogens with one attached hydrogen (secondary N) is 1. The van der Waals surface area contributed by atoms with Gasteiger partial charge in [0.2, 0.25) is 12.2 Å². The van der Waals surface area contributed by atoms with Crippen LogP contribution in [0.1, 0.15) is 34.6 Å². The van der Waals surface area contributed by atoms with Crippen molar-refractivity contribution in [2.75, 3.05) is 13.2 Å². The van der Waals surface area contributed by atoms with Crippen LogP contribution in [0.4, 0.5) is 4.79 Å². The Morgan fingerprint density at radius 1 is 1.22 bits per heavy atom. The van der Waals surface area contributed by atoms with Crippen molar-refractivity contribution in [1.82, 2.24) is 4.90 Å². The lowest BCUT2D eigenvalue weighted by molar-refractivity contribution is -0.366. The van der Waals surface area contributed by atoms with Crippen LogP contribution in [0.15, 0.2) is 36.9 Å².